The fraction of sp³-hybridized carbons (Fsp3) is 0.900. The fourth-order valence-electron chi connectivity index (χ4n) is 1.87. The van der Waals surface area contributed by atoms with Crippen LogP contribution in [0.15, 0.2) is 0 Å². The van der Waals surface area contributed by atoms with E-state index in [1.54, 1.807) is 0 Å². The van der Waals surface area contributed by atoms with Crippen LogP contribution in [-0.2, 0) is 14.3 Å². The molecule has 2 rings (SSSR count). The van der Waals surface area contributed by atoms with E-state index in [1.165, 1.54) is 0 Å². The van der Waals surface area contributed by atoms with Crippen molar-refractivity contribution in [3.8, 4) is 0 Å². The van der Waals surface area contributed by atoms with Gasteiger partial charge in [-0.2, -0.15) is 0 Å². The first-order chi connectivity index (χ1) is 7.36. The molecule has 1 amide bonds. The highest BCUT2D eigenvalue weighted by Crippen LogP contribution is 2.07. The Morgan fingerprint density at radius 1 is 1.25 bits per heavy atom. The maximum atomic E-state index is 11.7. The van der Waals surface area contributed by atoms with Gasteiger partial charge in [0.05, 0.1) is 6.61 Å². The molecule has 0 bridgehead atoms. The lowest BCUT2D eigenvalue weighted by Gasteiger charge is -2.27. The van der Waals surface area contributed by atoms with Gasteiger partial charge >= 0.3 is 0 Å². The second-order valence-corrected chi connectivity index (χ2v) is 3.96. The number of hydrogen-bond acceptors (Lipinski definition) is 4. The molecule has 0 aromatic heterocycles. The second-order valence-electron chi connectivity index (χ2n) is 3.96. The van der Waals surface area contributed by atoms with Crippen molar-refractivity contribution in [3.05, 3.63) is 0 Å². The quantitative estimate of drug-likeness (QED) is 0.706. The van der Waals surface area contributed by atoms with Crippen LogP contribution in [0.3, 0.4) is 0 Å². The number of hydrogen-bond donors (Lipinski definition) is 2. The molecule has 16 heavy (non-hydrogen) atoms. The lowest BCUT2D eigenvalue weighted by atomic mass is 10.1. The molecule has 5 nitrogen and oxygen atoms in total. The van der Waals surface area contributed by atoms with Crippen LogP contribution in [0.1, 0.15) is 12.8 Å². The minimum absolute atomic E-state index is 0. The predicted molar refractivity (Wildman–Crippen MR) is 61.8 cm³/mol. The van der Waals surface area contributed by atoms with E-state index in [0.717, 1.165) is 32.6 Å². The van der Waals surface area contributed by atoms with Crippen LogP contribution in [0.4, 0.5) is 0 Å². The number of carbonyl (C=O) groups excluding carboxylic acids is 1. The van der Waals surface area contributed by atoms with Gasteiger partial charge in [-0.05, 0) is 12.8 Å². The first-order valence-corrected chi connectivity index (χ1v) is 5.57. The van der Waals surface area contributed by atoms with Crippen molar-refractivity contribution in [3.63, 3.8) is 0 Å². The number of morpholine rings is 1. The summed E-state index contributed by atoms with van der Waals surface area (Å²) in [6.07, 6.45) is 1.50. The van der Waals surface area contributed by atoms with Crippen LogP contribution in [0.5, 0.6) is 0 Å². The Kier molecular flexibility index (Phi) is 6.05. The van der Waals surface area contributed by atoms with Crippen LogP contribution in [0, 0.1) is 0 Å². The van der Waals surface area contributed by atoms with E-state index < -0.39 is 0 Å². The van der Waals surface area contributed by atoms with E-state index in [-0.39, 0.29) is 30.5 Å². The summed E-state index contributed by atoms with van der Waals surface area (Å²) in [7, 11) is 0. The molecule has 94 valence electrons. The minimum atomic E-state index is -0.318. The molecule has 0 aromatic rings. The Balaban J connectivity index is 0.00000128. The van der Waals surface area contributed by atoms with Gasteiger partial charge in [0.15, 0.2) is 0 Å². The van der Waals surface area contributed by atoms with E-state index in [1.807, 2.05) is 0 Å². The number of halogens is 1. The van der Waals surface area contributed by atoms with Crippen LogP contribution in [0.2, 0.25) is 0 Å². The van der Waals surface area contributed by atoms with Gasteiger partial charge in [-0.1, -0.05) is 0 Å². The van der Waals surface area contributed by atoms with Crippen molar-refractivity contribution in [2.75, 3.05) is 32.9 Å². The first kappa shape index (κ1) is 13.7. The van der Waals surface area contributed by atoms with E-state index >= 15 is 0 Å². The van der Waals surface area contributed by atoms with Crippen molar-refractivity contribution < 1.29 is 14.3 Å². The van der Waals surface area contributed by atoms with Crippen molar-refractivity contribution in [2.24, 2.45) is 0 Å². The van der Waals surface area contributed by atoms with Crippen LogP contribution in [0.25, 0.3) is 0 Å². The smallest absolute Gasteiger partial charge is 0.250 e. The van der Waals surface area contributed by atoms with Gasteiger partial charge in [0.1, 0.15) is 6.10 Å². The van der Waals surface area contributed by atoms with Gasteiger partial charge < -0.3 is 20.1 Å². The molecular weight excluding hydrogens is 232 g/mol. The zero-order chi connectivity index (χ0) is 10.5. The lowest BCUT2D eigenvalue weighted by Crippen LogP contribution is -2.51. The van der Waals surface area contributed by atoms with Gasteiger partial charge in [0.2, 0.25) is 0 Å². The van der Waals surface area contributed by atoms with Gasteiger partial charge in [-0.3, -0.25) is 4.79 Å². The van der Waals surface area contributed by atoms with Crippen molar-refractivity contribution in [1.29, 1.82) is 0 Å². The number of ether oxygens (including phenoxy) is 2. The van der Waals surface area contributed by atoms with E-state index in [2.05, 4.69) is 10.6 Å². The SMILES string of the molecule is Cl.O=C(NC1CCOCC1)C1CNCCO1. The van der Waals surface area contributed by atoms with Gasteiger partial charge in [0, 0.05) is 32.3 Å². The molecular formula is C10H19ClN2O3. The maximum Gasteiger partial charge on any atom is 0.250 e. The molecule has 1 atom stereocenters. The van der Waals surface area contributed by atoms with Crippen LogP contribution >= 0.6 is 12.4 Å². The molecule has 6 heteroatoms. The van der Waals surface area contributed by atoms with Gasteiger partial charge in [-0.15, -0.1) is 12.4 Å². The Morgan fingerprint density at radius 3 is 2.62 bits per heavy atom. The molecule has 0 radical (unpaired) electrons. The summed E-state index contributed by atoms with van der Waals surface area (Å²) in [5.41, 5.74) is 0. The molecule has 2 aliphatic rings. The normalized spacial score (nSPS) is 26.9. The summed E-state index contributed by atoms with van der Waals surface area (Å²) >= 11 is 0. The summed E-state index contributed by atoms with van der Waals surface area (Å²) in [4.78, 5) is 11.7. The van der Waals surface area contributed by atoms with E-state index in [9.17, 15) is 4.79 Å². The average Bonchev–Trinajstić information content (AvgIpc) is 2.31. The first-order valence-electron chi connectivity index (χ1n) is 5.57. The maximum absolute atomic E-state index is 11.7. The standard InChI is InChI=1S/C10H18N2O3.ClH/c13-10(9-7-11-3-6-15-9)12-8-1-4-14-5-2-8;/h8-9,11H,1-7H2,(H,12,13);1H. The van der Waals surface area contributed by atoms with Crippen molar-refractivity contribution in [1.82, 2.24) is 10.6 Å². The third kappa shape index (κ3) is 3.90. The molecule has 0 spiro atoms. The summed E-state index contributed by atoms with van der Waals surface area (Å²) in [6, 6.07) is 0.261. The average molecular weight is 251 g/mol. The summed E-state index contributed by atoms with van der Waals surface area (Å²) in [6.45, 7) is 3.56. The third-order valence-corrected chi connectivity index (χ3v) is 2.79. The highest BCUT2D eigenvalue weighted by atomic mass is 35.5. The molecule has 1 unspecified atom stereocenters. The highest BCUT2D eigenvalue weighted by Gasteiger charge is 2.24. The topological polar surface area (TPSA) is 59.6 Å². The largest absolute Gasteiger partial charge is 0.381 e. The van der Waals surface area contributed by atoms with Gasteiger partial charge in [-0.25, -0.2) is 0 Å². The molecule has 0 aliphatic carbocycles. The number of nitrogens with one attached hydrogen (secondary N) is 2. The molecule has 0 saturated carbocycles. The van der Waals surface area contributed by atoms with Crippen LogP contribution < -0.4 is 10.6 Å². The van der Waals surface area contributed by atoms with E-state index in [0.29, 0.717) is 13.2 Å². The molecule has 2 aliphatic heterocycles. The monoisotopic (exact) mass is 250 g/mol. The predicted octanol–water partition coefficient (Wildman–Crippen LogP) is -0.308. The summed E-state index contributed by atoms with van der Waals surface area (Å²) in [5.74, 6) is 0.00843. The third-order valence-electron chi connectivity index (χ3n) is 2.79. The number of carbonyl (C=O) groups is 1. The van der Waals surface area contributed by atoms with Crippen molar-refractivity contribution >= 4 is 18.3 Å². The van der Waals surface area contributed by atoms with E-state index in [4.69, 9.17) is 9.47 Å². The Hall–Kier alpha value is -0.360. The summed E-state index contributed by atoms with van der Waals surface area (Å²) < 4.78 is 10.6. The zero-order valence-electron chi connectivity index (χ0n) is 9.24. The fourth-order valence-corrected chi connectivity index (χ4v) is 1.87. The molecule has 2 saturated heterocycles. The minimum Gasteiger partial charge on any atom is -0.381 e. The molecule has 2 fully saturated rings. The highest BCUT2D eigenvalue weighted by molar-refractivity contribution is 5.85. The molecule has 2 heterocycles. The van der Waals surface area contributed by atoms with Crippen molar-refractivity contribution in [2.45, 2.75) is 25.0 Å². The summed E-state index contributed by atoms with van der Waals surface area (Å²) in [5, 5.41) is 6.15. The number of amides is 1. The zero-order valence-corrected chi connectivity index (χ0v) is 10.1. The molecule has 2 N–H and O–H groups in total. The molecule has 0 aromatic carbocycles. The second kappa shape index (κ2) is 7.06. The lowest BCUT2D eigenvalue weighted by molar-refractivity contribution is -0.135. The van der Waals surface area contributed by atoms with Crippen LogP contribution in [-0.4, -0.2) is 51.0 Å². The number of rotatable bonds is 2. The Morgan fingerprint density at radius 2 is 2.00 bits per heavy atom. The van der Waals surface area contributed by atoms with Gasteiger partial charge in [0.25, 0.3) is 5.91 Å². The Labute approximate surface area is 102 Å². The Bertz CT molecular complexity index is 216.